The topological polar surface area (TPSA) is 34.1 Å². The molecule has 0 aromatic heterocycles. The molecule has 0 N–H and O–H groups in total. The van der Waals surface area contributed by atoms with Gasteiger partial charge in [0.25, 0.3) is 0 Å². The first-order valence-electron chi connectivity index (χ1n) is 7.21. The molecule has 0 saturated heterocycles. The quantitative estimate of drug-likeness (QED) is 0.630. The summed E-state index contributed by atoms with van der Waals surface area (Å²) >= 11 is 0. The molecule has 0 amide bonds. The van der Waals surface area contributed by atoms with E-state index >= 15 is 0 Å². The van der Waals surface area contributed by atoms with Gasteiger partial charge in [0, 0.05) is 11.1 Å². The summed E-state index contributed by atoms with van der Waals surface area (Å²) in [7, 11) is -1.98. The molecule has 110 valence electrons. The minimum atomic E-state index is -1.98. The molecule has 0 heterocycles. The number of hydrogen-bond acceptors (Lipinski definition) is 2. The smallest absolute Gasteiger partial charge is 0.150 e. The third kappa shape index (κ3) is 2.36. The molecule has 0 spiro atoms. The van der Waals surface area contributed by atoms with E-state index in [4.69, 9.17) is 0 Å². The molecule has 2 rings (SSSR count). The summed E-state index contributed by atoms with van der Waals surface area (Å²) in [5.41, 5.74) is 3.18. The van der Waals surface area contributed by atoms with Crippen molar-refractivity contribution in [2.24, 2.45) is 0 Å². The van der Waals surface area contributed by atoms with Crippen LogP contribution in [0.15, 0.2) is 30.3 Å². The van der Waals surface area contributed by atoms with E-state index in [0.29, 0.717) is 11.1 Å². The van der Waals surface area contributed by atoms with E-state index in [2.05, 4.69) is 33.9 Å². The van der Waals surface area contributed by atoms with Crippen molar-refractivity contribution in [3.63, 3.8) is 0 Å². The van der Waals surface area contributed by atoms with Crippen molar-refractivity contribution in [1.82, 2.24) is 0 Å². The predicted octanol–water partition coefficient (Wildman–Crippen LogP) is 4.13. The van der Waals surface area contributed by atoms with Gasteiger partial charge in [0.15, 0.2) is 12.6 Å². The SMILES string of the molecule is CC(C)(C)[Si](C)(C)c1c(C=O)c2cccccc-2c1C=O. The fourth-order valence-electron chi connectivity index (χ4n) is 2.72. The van der Waals surface area contributed by atoms with Gasteiger partial charge < -0.3 is 0 Å². The number of carbonyl (C=O) groups excluding carboxylic acids is 2. The van der Waals surface area contributed by atoms with E-state index in [0.717, 1.165) is 28.9 Å². The highest BCUT2D eigenvalue weighted by molar-refractivity contribution is 6.93. The predicted molar refractivity (Wildman–Crippen MR) is 90.7 cm³/mol. The molecular formula is C18H22O2Si. The zero-order valence-corrected chi connectivity index (χ0v) is 14.4. The van der Waals surface area contributed by atoms with Gasteiger partial charge in [0.2, 0.25) is 0 Å². The van der Waals surface area contributed by atoms with Crippen molar-refractivity contribution in [3.8, 4) is 11.1 Å². The Kier molecular flexibility index (Phi) is 3.89. The molecule has 2 aliphatic carbocycles. The van der Waals surface area contributed by atoms with Gasteiger partial charge in [-0.2, -0.15) is 0 Å². The maximum absolute atomic E-state index is 11.8. The number of carbonyl (C=O) groups is 2. The molecule has 0 radical (unpaired) electrons. The minimum absolute atomic E-state index is 0.0646. The van der Waals surface area contributed by atoms with Gasteiger partial charge in [-0.15, -0.1) is 0 Å². The van der Waals surface area contributed by atoms with Crippen LogP contribution in [0.4, 0.5) is 0 Å². The normalized spacial score (nSPS) is 12.4. The van der Waals surface area contributed by atoms with Crippen LogP contribution < -0.4 is 5.19 Å². The molecule has 21 heavy (non-hydrogen) atoms. The summed E-state index contributed by atoms with van der Waals surface area (Å²) in [6.07, 6.45) is 1.84. The molecule has 0 aromatic rings. The Bertz CT molecular complexity index is 623. The molecule has 3 heteroatoms. The van der Waals surface area contributed by atoms with Crippen molar-refractivity contribution in [2.75, 3.05) is 0 Å². The van der Waals surface area contributed by atoms with Gasteiger partial charge in [-0.1, -0.05) is 64.2 Å². The minimum Gasteiger partial charge on any atom is -0.298 e. The van der Waals surface area contributed by atoms with Gasteiger partial charge in [0.1, 0.15) is 0 Å². The van der Waals surface area contributed by atoms with Crippen molar-refractivity contribution in [1.29, 1.82) is 0 Å². The summed E-state index contributed by atoms with van der Waals surface area (Å²) in [5, 5.41) is 1.07. The molecule has 0 fully saturated rings. The van der Waals surface area contributed by atoms with E-state index in [-0.39, 0.29) is 5.04 Å². The first kappa shape index (κ1) is 15.6. The van der Waals surface area contributed by atoms with Crippen LogP contribution in [-0.2, 0) is 0 Å². The van der Waals surface area contributed by atoms with E-state index < -0.39 is 8.07 Å². The Morgan fingerprint density at radius 1 is 0.857 bits per heavy atom. The first-order valence-corrected chi connectivity index (χ1v) is 10.2. The second kappa shape index (κ2) is 5.23. The largest absolute Gasteiger partial charge is 0.298 e. The van der Waals surface area contributed by atoms with Crippen LogP contribution in [0.3, 0.4) is 0 Å². The average Bonchev–Trinajstić information content (AvgIpc) is 2.55. The van der Waals surface area contributed by atoms with E-state index in [1.807, 2.05) is 30.3 Å². The summed E-state index contributed by atoms with van der Waals surface area (Å²) < 4.78 is 0. The molecule has 2 nitrogen and oxygen atoms in total. The third-order valence-corrected chi connectivity index (χ3v) is 10.4. The van der Waals surface area contributed by atoms with Crippen LogP contribution in [0.2, 0.25) is 18.1 Å². The molecule has 0 atom stereocenters. The van der Waals surface area contributed by atoms with Gasteiger partial charge in [0.05, 0.1) is 8.07 Å². The third-order valence-electron chi connectivity index (χ3n) is 4.89. The molecule has 0 unspecified atom stereocenters. The molecule has 0 aliphatic heterocycles. The lowest BCUT2D eigenvalue weighted by Gasteiger charge is -2.37. The molecule has 0 aromatic carbocycles. The average molecular weight is 298 g/mol. The summed E-state index contributed by atoms with van der Waals surface area (Å²) in [6, 6.07) is 9.61. The van der Waals surface area contributed by atoms with Crippen LogP contribution in [0, 0.1) is 0 Å². The summed E-state index contributed by atoms with van der Waals surface area (Å²) in [4.78, 5) is 23.5. The van der Waals surface area contributed by atoms with Crippen LogP contribution >= 0.6 is 0 Å². The summed E-state index contributed by atoms with van der Waals surface area (Å²) in [5.74, 6) is 0. The van der Waals surface area contributed by atoms with Gasteiger partial charge >= 0.3 is 0 Å². The Hall–Kier alpha value is -1.74. The second-order valence-electron chi connectivity index (χ2n) is 7.05. The first-order chi connectivity index (χ1) is 9.75. The van der Waals surface area contributed by atoms with Crippen molar-refractivity contribution >= 4 is 25.8 Å². The number of hydrogen-bond donors (Lipinski definition) is 0. The van der Waals surface area contributed by atoms with Crippen LogP contribution in [0.25, 0.3) is 11.1 Å². The summed E-state index contributed by atoms with van der Waals surface area (Å²) in [6.45, 7) is 11.1. The highest BCUT2D eigenvalue weighted by atomic mass is 28.3. The van der Waals surface area contributed by atoms with E-state index in [9.17, 15) is 9.59 Å². The lowest BCUT2D eigenvalue weighted by molar-refractivity contribution is 0.112. The zero-order chi connectivity index (χ0) is 15.8. The fourth-order valence-corrected chi connectivity index (χ4v) is 5.21. The van der Waals surface area contributed by atoms with E-state index in [1.54, 1.807) is 0 Å². The maximum Gasteiger partial charge on any atom is 0.150 e. The van der Waals surface area contributed by atoms with Crippen molar-refractivity contribution in [2.45, 2.75) is 38.9 Å². The number of rotatable bonds is 3. The Labute approximate surface area is 127 Å². The van der Waals surface area contributed by atoms with Crippen LogP contribution in [0.5, 0.6) is 0 Å². The Morgan fingerprint density at radius 2 is 1.29 bits per heavy atom. The Morgan fingerprint density at radius 3 is 1.62 bits per heavy atom. The number of aldehydes is 2. The van der Waals surface area contributed by atoms with Crippen molar-refractivity contribution in [3.05, 3.63) is 41.5 Å². The molecule has 2 aliphatic rings. The lowest BCUT2D eigenvalue weighted by atomic mass is 10.1. The lowest BCUT2D eigenvalue weighted by Crippen LogP contribution is -2.51. The van der Waals surface area contributed by atoms with Gasteiger partial charge in [-0.3, -0.25) is 9.59 Å². The van der Waals surface area contributed by atoms with Gasteiger partial charge in [-0.05, 0) is 21.4 Å². The highest BCUT2D eigenvalue weighted by Gasteiger charge is 2.42. The molecule has 0 bridgehead atoms. The van der Waals surface area contributed by atoms with Gasteiger partial charge in [-0.25, -0.2) is 0 Å². The zero-order valence-electron chi connectivity index (χ0n) is 13.4. The highest BCUT2D eigenvalue weighted by Crippen LogP contribution is 2.40. The molecular weight excluding hydrogens is 276 g/mol. The maximum atomic E-state index is 11.8. The molecule has 0 saturated carbocycles. The van der Waals surface area contributed by atoms with E-state index in [1.165, 1.54) is 0 Å². The monoisotopic (exact) mass is 298 g/mol. The second-order valence-corrected chi connectivity index (χ2v) is 12.3. The van der Waals surface area contributed by atoms with Crippen LogP contribution in [0.1, 0.15) is 41.5 Å². The number of fused-ring (bicyclic) bond motifs is 1. The fraction of sp³-hybridized carbons (Fsp3) is 0.333. The van der Waals surface area contributed by atoms with Crippen molar-refractivity contribution < 1.29 is 9.59 Å². The van der Waals surface area contributed by atoms with Crippen LogP contribution in [-0.4, -0.2) is 20.6 Å². The Balaban J connectivity index is 2.95. The standard InChI is InChI=1S/C18H22O2Si/c1-18(2,3)21(4,5)17-15(11-19)13-9-7-6-8-10-14(13)16(17)12-20/h6-12H,1-5H3.